The van der Waals surface area contributed by atoms with E-state index in [4.69, 9.17) is 4.74 Å². The van der Waals surface area contributed by atoms with Gasteiger partial charge in [0.05, 0.1) is 6.54 Å². The lowest BCUT2D eigenvalue weighted by Crippen LogP contribution is -2.02. The van der Waals surface area contributed by atoms with E-state index in [0.29, 0.717) is 24.7 Å². The van der Waals surface area contributed by atoms with Crippen molar-refractivity contribution in [3.8, 4) is 0 Å². The molecule has 1 heterocycles. The molecule has 0 atom stereocenters. The maximum atomic E-state index is 12.0. The summed E-state index contributed by atoms with van der Waals surface area (Å²) in [5.74, 6) is 0.654. The average molecular weight is 266 g/mol. The average Bonchev–Trinajstić information content (AvgIpc) is 3.03. The predicted octanol–water partition coefficient (Wildman–Crippen LogP) is 2.72. The SMILES string of the molecule is [O-][N+](=Cc1ccccc1)c1ccc(C2=NCCO2)cc1. The largest absolute Gasteiger partial charge is 0.618 e. The van der Waals surface area contributed by atoms with Crippen molar-refractivity contribution in [3.63, 3.8) is 0 Å². The molecule has 1 aliphatic heterocycles. The van der Waals surface area contributed by atoms with Gasteiger partial charge in [-0.3, -0.25) is 0 Å². The summed E-state index contributed by atoms with van der Waals surface area (Å²) < 4.78 is 6.24. The van der Waals surface area contributed by atoms with Crippen molar-refractivity contribution < 1.29 is 9.48 Å². The van der Waals surface area contributed by atoms with Crippen molar-refractivity contribution in [2.45, 2.75) is 0 Å². The summed E-state index contributed by atoms with van der Waals surface area (Å²) in [4.78, 5) is 4.24. The number of ether oxygens (including phenoxy) is 1. The summed E-state index contributed by atoms with van der Waals surface area (Å²) in [6, 6.07) is 16.7. The van der Waals surface area contributed by atoms with Gasteiger partial charge >= 0.3 is 0 Å². The van der Waals surface area contributed by atoms with Crippen molar-refractivity contribution >= 4 is 17.8 Å². The zero-order valence-electron chi connectivity index (χ0n) is 10.9. The molecule has 0 spiro atoms. The van der Waals surface area contributed by atoms with Gasteiger partial charge in [-0.1, -0.05) is 18.2 Å². The molecule has 0 unspecified atom stereocenters. The standard InChI is InChI=1S/C16H14N2O2/c19-18(12-13-4-2-1-3-5-13)15-8-6-14(7-9-15)16-17-10-11-20-16/h1-9,12H,10-11H2. The lowest BCUT2D eigenvalue weighted by molar-refractivity contribution is -0.354. The van der Waals surface area contributed by atoms with Crippen LogP contribution >= 0.6 is 0 Å². The van der Waals surface area contributed by atoms with Gasteiger partial charge in [0.2, 0.25) is 11.6 Å². The minimum Gasteiger partial charge on any atom is -0.618 e. The van der Waals surface area contributed by atoms with Crippen LogP contribution in [0.4, 0.5) is 5.69 Å². The summed E-state index contributed by atoms with van der Waals surface area (Å²) >= 11 is 0. The number of rotatable bonds is 3. The van der Waals surface area contributed by atoms with E-state index in [1.54, 1.807) is 18.3 Å². The Balaban J connectivity index is 1.82. The molecule has 0 aliphatic carbocycles. The molecule has 3 rings (SSSR count). The Morgan fingerprint density at radius 1 is 1.05 bits per heavy atom. The molecule has 20 heavy (non-hydrogen) atoms. The Morgan fingerprint density at radius 3 is 2.45 bits per heavy atom. The highest BCUT2D eigenvalue weighted by molar-refractivity contribution is 5.95. The lowest BCUT2D eigenvalue weighted by Gasteiger charge is -2.05. The molecule has 1 aliphatic rings. The maximum absolute atomic E-state index is 12.0. The van der Waals surface area contributed by atoms with Crippen LogP contribution in [0.15, 0.2) is 59.6 Å². The normalized spacial score (nSPS) is 14.8. The van der Waals surface area contributed by atoms with Crippen molar-refractivity contribution in [1.29, 1.82) is 0 Å². The first-order valence-corrected chi connectivity index (χ1v) is 6.47. The third kappa shape index (κ3) is 2.69. The van der Waals surface area contributed by atoms with E-state index in [1.807, 2.05) is 42.5 Å². The van der Waals surface area contributed by atoms with E-state index >= 15 is 0 Å². The molecule has 4 heteroatoms. The maximum Gasteiger partial charge on any atom is 0.216 e. The van der Waals surface area contributed by atoms with Crippen LogP contribution in [0.3, 0.4) is 0 Å². The number of hydrogen-bond donors (Lipinski definition) is 0. The second-order valence-electron chi connectivity index (χ2n) is 4.45. The third-order valence-corrected chi connectivity index (χ3v) is 3.02. The Hall–Kier alpha value is -2.62. The van der Waals surface area contributed by atoms with Crippen molar-refractivity contribution in [2.75, 3.05) is 13.2 Å². The molecule has 0 saturated carbocycles. The summed E-state index contributed by atoms with van der Waals surface area (Å²) in [6.45, 7) is 1.33. The van der Waals surface area contributed by atoms with Gasteiger partial charge in [0.25, 0.3) is 0 Å². The molecule has 4 nitrogen and oxygen atoms in total. The monoisotopic (exact) mass is 266 g/mol. The van der Waals surface area contributed by atoms with Gasteiger partial charge in [-0.05, 0) is 24.3 Å². The van der Waals surface area contributed by atoms with Crippen LogP contribution in [0.25, 0.3) is 0 Å². The van der Waals surface area contributed by atoms with Crippen LogP contribution in [0.2, 0.25) is 0 Å². The van der Waals surface area contributed by atoms with Crippen LogP contribution in [0.5, 0.6) is 0 Å². The minimum atomic E-state index is 0.580. The van der Waals surface area contributed by atoms with E-state index < -0.39 is 0 Å². The zero-order valence-corrected chi connectivity index (χ0v) is 10.9. The number of hydrogen-bond acceptors (Lipinski definition) is 3. The van der Waals surface area contributed by atoms with Gasteiger partial charge in [-0.15, -0.1) is 0 Å². The van der Waals surface area contributed by atoms with Crippen molar-refractivity contribution in [2.24, 2.45) is 4.99 Å². The van der Waals surface area contributed by atoms with E-state index in [2.05, 4.69) is 4.99 Å². The van der Waals surface area contributed by atoms with Gasteiger partial charge in [0.15, 0.2) is 6.21 Å². The summed E-state index contributed by atoms with van der Waals surface area (Å²) in [5.41, 5.74) is 2.35. The fourth-order valence-corrected chi connectivity index (χ4v) is 2.01. The Morgan fingerprint density at radius 2 is 1.80 bits per heavy atom. The first-order valence-electron chi connectivity index (χ1n) is 6.47. The fourth-order valence-electron chi connectivity index (χ4n) is 2.01. The van der Waals surface area contributed by atoms with E-state index in [0.717, 1.165) is 15.9 Å². The molecule has 0 N–H and O–H groups in total. The molecule has 0 amide bonds. The van der Waals surface area contributed by atoms with E-state index in [9.17, 15) is 5.21 Å². The second kappa shape index (κ2) is 5.57. The van der Waals surface area contributed by atoms with Gasteiger partial charge in [0.1, 0.15) is 6.61 Å². The summed E-state index contributed by atoms with van der Waals surface area (Å²) in [6.07, 6.45) is 1.55. The van der Waals surface area contributed by atoms with Crippen LogP contribution in [0.1, 0.15) is 11.1 Å². The first-order chi connectivity index (χ1) is 9.83. The molecule has 100 valence electrons. The smallest absolute Gasteiger partial charge is 0.216 e. The van der Waals surface area contributed by atoms with Gasteiger partial charge in [-0.25, -0.2) is 4.99 Å². The predicted molar refractivity (Wildman–Crippen MR) is 78.7 cm³/mol. The lowest BCUT2D eigenvalue weighted by atomic mass is 10.2. The molecular formula is C16H14N2O2. The molecule has 0 aromatic heterocycles. The molecular weight excluding hydrogens is 252 g/mol. The van der Waals surface area contributed by atoms with Crippen LogP contribution in [-0.2, 0) is 4.74 Å². The van der Waals surface area contributed by atoms with Gasteiger partial charge in [0, 0.05) is 23.3 Å². The Labute approximate surface area is 117 Å². The highest BCUT2D eigenvalue weighted by Crippen LogP contribution is 2.15. The van der Waals surface area contributed by atoms with Crippen LogP contribution in [-0.4, -0.2) is 30.0 Å². The number of aliphatic imine (C=N–C) groups is 1. The summed E-state index contributed by atoms with van der Waals surface area (Å²) in [5, 5.41) is 12.0. The van der Waals surface area contributed by atoms with Crippen LogP contribution in [0, 0.1) is 5.21 Å². The highest BCUT2D eigenvalue weighted by atomic mass is 16.5. The van der Waals surface area contributed by atoms with Crippen LogP contribution < -0.4 is 0 Å². The number of nitrogens with zero attached hydrogens (tertiary/aromatic N) is 2. The van der Waals surface area contributed by atoms with Gasteiger partial charge in [-0.2, -0.15) is 4.74 Å². The molecule has 2 aromatic carbocycles. The van der Waals surface area contributed by atoms with Crippen molar-refractivity contribution in [3.05, 3.63) is 70.9 Å². The van der Waals surface area contributed by atoms with Gasteiger partial charge < -0.3 is 9.94 Å². The number of benzene rings is 2. The molecule has 0 bridgehead atoms. The summed E-state index contributed by atoms with van der Waals surface area (Å²) in [7, 11) is 0. The topological polar surface area (TPSA) is 47.7 Å². The molecule has 0 saturated heterocycles. The Kier molecular flexibility index (Phi) is 3.46. The second-order valence-corrected chi connectivity index (χ2v) is 4.45. The van der Waals surface area contributed by atoms with E-state index in [1.165, 1.54) is 0 Å². The minimum absolute atomic E-state index is 0.580. The molecule has 0 radical (unpaired) electrons. The first kappa shape index (κ1) is 12.4. The highest BCUT2D eigenvalue weighted by Gasteiger charge is 2.11. The zero-order chi connectivity index (χ0) is 13.8. The molecule has 0 fully saturated rings. The fraction of sp³-hybridized carbons (Fsp3) is 0.125. The van der Waals surface area contributed by atoms with Crippen molar-refractivity contribution in [1.82, 2.24) is 0 Å². The Bertz CT molecular complexity index is 646. The van der Waals surface area contributed by atoms with E-state index in [-0.39, 0.29) is 0 Å². The quantitative estimate of drug-likeness (QED) is 0.371. The third-order valence-electron chi connectivity index (χ3n) is 3.02. The molecule has 2 aromatic rings.